The number of allylic oxidation sites excluding steroid dienone is 3. The summed E-state index contributed by atoms with van der Waals surface area (Å²) in [4.78, 5) is 19.0. The molecule has 2 aliphatic rings. The normalized spacial score (nSPS) is 20.0. The van der Waals surface area contributed by atoms with Crippen molar-refractivity contribution in [3.63, 3.8) is 0 Å². The zero-order valence-electron chi connectivity index (χ0n) is 28.5. The molecule has 0 radical (unpaired) electrons. The maximum atomic E-state index is 15.5. The number of anilines is 3. The number of fused-ring (bicyclic) bond motifs is 1. The zero-order chi connectivity index (χ0) is 33.5. The molecule has 0 bridgehead atoms. The SMILES string of the molecule is C\C=C(F)/C(=N/C(Nc1ccc(N2CC3OCCN(Cc4ccccc4)C3C2)cn1)=C(\C)CC)c1ccc(N)c(C(=NC)C(C)C)c1. The van der Waals surface area contributed by atoms with Crippen LogP contribution in [0.15, 0.2) is 100 Å². The average Bonchev–Trinajstić information content (AvgIpc) is 3.53. The number of rotatable bonds is 11. The molecule has 2 unspecified atom stereocenters. The van der Waals surface area contributed by atoms with Crippen molar-refractivity contribution in [3.8, 4) is 0 Å². The van der Waals surface area contributed by atoms with Gasteiger partial charge in [0, 0.05) is 55.8 Å². The number of nitrogen functional groups attached to an aromatic ring is 1. The van der Waals surface area contributed by atoms with Crippen LogP contribution in [0.2, 0.25) is 0 Å². The molecule has 5 rings (SSSR count). The van der Waals surface area contributed by atoms with Crippen LogP contribution in [0.25, 0.3) is 0 Å². The summed E-state index contributed by atoms with van der Waals surface area (Å²) in [6.07, 6.45) is 4.21. The molecular weight excluding hydrogens is 589 g/mol. The second-order valence-electron chi connectivity index (χ2n) is 12.5. The van der Waals surface area contributed by atoms with Crippen LogP contribution in [-0.4, -0.2) is 66.7 Å². The molecule has 2 atom stereocenters. The first-order chi connectivity index (χ1) is 22.7. The third kappa shape index (κ3) is 7.97. The Hall–Kier alpha value is -4.34. The summed E-state index contributed by atoms with van der Waals surface area (Å²) in [5.74, 6) is 0.926. The van der Waals surface area contributed by atoms with Crippen LogP contribution in [0.1, 0.15) is 57.7 Å². The molecular formula is C38H48FN7O. The van der Waals surface area contributed by atoms with Gasteiger partial charge in [0.25, 0.3) is 0 Å². The molecule has 0 saturated carbocycles. The van der Waals surface area contributed by atoms with Crippen LogP contribution < -0.4 is 16.0 Å². The van der Waals surface area contributed by atoms with Gasteiger partial charge in [0.05, 0.1) is 30.6 Å². The topological polar surface area (TPSA) is 91.4 Å². The van der Waals surface area contributed by atoms with Gasteiger partial charge >= 0.3 is 0 Å². The first-order valence-corrected chi connectivity index (χ1v) is 16.6. The van der Waals surface area contributed by atoms with Crippen LogP contribution in [0.4, 0.5) is 21.6 Å². The summed E-state index contributed by atoms with van der Waals surface area (Å²) < 4.78 is 21.7. The van der Waals surface area contributed by atoms with E-state index in [1.165, 1.54) is 11.6 Å². The van der Waals surface area contributed by atoms with Crippen molar-refractivity contribution >= 4 is 28.6 Å². The minimum atomic E-state index is -0.425. The third-order valence-electron chi connectivity index (χ3n) is 9.03. The highest BCUT2D eigenvalue weighted by Crippen LogP contribution is 2.29. The number of hydrogen-bond donors (Lipinski definition) is 2. The van der Waals surface area contributed by atoms with Crippen molar-refractivity contribution in [2.75, 3.05) is 49.2 Å². The summed E-state index contributed by atoms with van der Waals surface area (Å²) in [5.41, 5.74) is 12.8. The molecule has 0 amide bonds. The molecule has 2 aliphatic heterocycles. The summed E-state index contributed by atoms with van der Waals surface area (Å²) in [6.45, 7) is 14.1. The molecule has 1 aromatic heterocycles. The number of benzene rings is 2. The van der Waals surface area contributed by atoms with Gasteiger partial charge < -0.3 is 20.7 Å². The van der Waals surface area contributed by atoms with E-state index in [9.17, 15) is 0 Å². The Morgan fingerprint density at radius 1 is 1.15 bits per heavy atom. The second kappa shape index (κ2) is 15.5. The maximum absolute atomic E-state index is 15.5. The van der Waals surface area contributed by atoms with Gasteiger partial charge in [-0.1, -0.05) is 57.2 Å². The minimum absolute atomic E-state index is 0.156. The van der Waals surface area contributed by atoms with Crippen molar-refractivity contribution in [3.05, 3.63) is 107 Å². The lowest BCUT2D eigenvalue weighted by atomic mass is 9.95. The lowest BCUT2D eigenvalue weighted by Crippen LogP contribution is -2.50. The highest BCUT2D eigenvalue weighted by molar-refractivity contribution is 6.14. The summed E-state index contributed by atoms with van der Waals surface area (Å²) in [5, 5.41) is 3.38. The van der Waals surface area contributed by atoms with Crippen molar-refractivity contribution in [2.45, 2.75) is 59.7 Å². The zero-order valence-corrected chi connectivity index (χ0v) is 28.5. The van der Waals surface area contributed by atoms with E-state index in [0.717, 1.165) is 61.7 Å². The molecule has 9 heteroatoms. The Labute approximate surface area is 279 Å². The molecule has 2 aromatic carbocycles. The van der Waals surface area contributed by atoms with Gasteiger partial charge in [-0.3, -0.25) is 9.89 Å². The van der Waals surface area contributed by atoms with Gasteiger partial charge in [-0.25, -0.2) is 14.4 Å². The van der Waals surface area contributed by atoms with Crippen molar-refractivity contribution < 1.29 is 9.13 Å². The van der Waals surface area contributed by atoms with Crippen LogP contribution in [0.5, 0.6) is 0 Å². The monoisotopic (exact) mass is 637 g/mol. The van der Waals surface area contributed by atoms with E-state index < -0.39 is 5.83 Å². The summed E-state index contributed by atoms with van der Waals surface area (Å²) in [7, 11) is 1.75. The number of nitrogens with one attached hydrogen (secondary N) is 1. The quantitative estimate of drug-likeness (QED) is 0.170. The maximum Gasteiger partial charge on any atom is 0.145 e. The molecule has 3 N–H and O–H groups in total. The van der Waals surface area contributed by atoms with E-state index in [4.69, 9.17) is 20.4 Å². The smallest absolute Gasteiger partial charge is 0.145 e. The fraction of sp³-hybridized carbons (Fsp3) is 0.395. The Bertz CT molecular complexity index is 1650. The van der Waals surface area contributed by atoms with Crippen LogP contribution in [-0.2, 0) is 11.3 Å². The van der Waals surface area contributed by atoms with Gasteiger partial charge in [0.1, 0.15) is 23.2 Å². The molecule has 8 nitrogen and oxygen atoms in total. The Morgan fingerprint density at radius 3 is 2.60 bits per heavy atom. The largest absolute Gasteiger partial charge is 0.398 e. The number of aliphatic imine (C=N–C) groups is 2. The van der Waals surface area contributed by atoms with Crippen molar-refractivity contribution in [1.29, 1.82) is 0 Å². The van der Waals surface area contributed by atoms with Crippen molar-refractivity contribution in [2.24, 2.45) is 15.9 Å². The second-order valence-corrected chi connectivity index (χ2v) is 12.5. The number of nitrogens with two attached hydrogens (primary N) is 1. The Morgan fingerprint density at radius 2 is 1.94 bits per heavy atom. The first-order valence-electron chi connectivity index (χ1n) is 16.6. The van der Waals surface area contributed by atoms with Crippen LogP contribution >= 0.6 is 0 Å². The average molecular weight is 638 g/mol. The molecule has 3 heterocycles. The van der Waals surface area contributed by atoms with E-state index in [1.54, 1.807) is 26.1 Å². The number of nitrogens with zero attached hydrogens (tertiary/aromatic N) is 5. The number of aromatic nitrogens is 1. The van der Waals surface area contributed by atoms with Gasteiger partial charge in [-0.15, -0.1) is 0 Å². The van der Waals surface area contributed by atoms with Crippen molar-refractivity contribution in [1.82, 2.24) is 9.88 Å². The highest BCUT2D eigenvalue weighted by atomic mass is 19.1. The molecule has 0 aliphatic carbocycles. The van der Waals surface area contributed by atoms with E-state index in [0.29, 0.717) is 28.9 Å². The standard InChI is InChI=1S/C38H48FN7O/c1-7-26(5)38(44-37(31(39)8-2)28-14-16-32(40)30(20-28)36(41-6)25(3)4)43-35-17-15-29(21-42-35)46-23-33-34(24-46)47-19-18-45(33)22-27-12-10-9-11-13-27/h8-17,20-21,25,33-34H,7,18-19,22-24,40H2,1-6H3,(H,42,43)/b31-8+,38-26+,41-36?,44-37+. The summed E-state index contributed by atoms with van der Waals surface area (Å²) >= 11 is 0. The number of hydrogen-bond acceptors (Lipinski definition) is 8. The lowest BCUT2D eigenvalue weighted by molar-refractivity contribution is -0.0499. The van der Waals surface area contributed by atoms with Gasteiger partial charge in [0.2, 0.25) is 0 Å². The third-order valence-corrected chi connectivity index (χ3v) is 9.03. The van der Waals surface area contributed by atoms with Gasteiger partial charge in [-0.05, 0) is 67.7 Å². The summed E-state index contributed by atoms with van der Waals surface area (Å²) in [6, 6.07) is 20.5. The fourth-order valence-corrected chi connectivity index (χ4v) is 6.27. The van der Waals surface area contributed by atoms with Gasteiger partial charge in [-0.2, -0.15) is 0 Å². The Kier molecular flexibility index (Phi) is 11.2. The number of pyridine rings is 1. The van der Waals surface area contributed by atoms with E-state index in [1.807, 2.05) is 25.3 Å². The fourth-order valence-electron chi connectivity index (χ4n) is 6.27. The molecule has 2 fully saturated rings. The first kappa shape index (κ1) is 34.0. The highest BCUT2D eigenvalue weighted by Gasteiger charge is 2.40. The van der Waals surface area contributed by atoms with E-state index in [-0.39, 0.29) is 17.7 Å². The van der Waals surface area contributed by atoms with Crippen LogP contribution in [0.3, 0.4) is 0 Å². The number of morpholine rings is 1. The molecule has 248 valence electrons. The minimum Gasteiger partial charge on any atom is -0.398 e. The predicted molar refractivity (Wildman–Crippen MR) is 193 cm³/mol. The van der Waals surface area contributed by atoms with Crippen LogP contribution in [0, 0.1) is 5.92 Å². The van der Waals surface area contributed by atoms with E-state index >= 15 is 4.39 Å². The number of ether oxygens (including phenoxy) is 1. The molecule has 47 heavy (non-hydrogen) atoms. The lowest BCUT2D eigenvalue weighted by Gasteiger charge is -2.36. The molecule has 3 aromatic rings. The Balaban J connectivity index is 1.36. The van der Waals surface area contributed by atoms with Gasteiger partial charge in [0.15, 0.2) is 0 Å². The molecule has 0 spiro atoms. The van der Waals surface area contributed by atoms with E-state index in [2.05, 4.69) is 77.3 Å². The molecule has 2 saturated heterocycles. The predicted octanol–water partition coefficient (Wildman–Crippen LogP) is 7.24. The number of halogens is 1.